The summed E-state index contributed by atoms with van der Waals surface area (Å²) in [6.45, 7) is 2.11. The van der Waals surface area contributed by atoms with E-state index in [0.29, 0.717) is 17.7 Å². The molecule has 0 radical (unpaired) electrons. The summed E-state index contributed by atoms with van der Waals surface area (Å²) in [6, 6.07) is 12.4. The van der Waals surface area contributed by atoms with E-state index in [2.05, 4.69) is 17.5 Å². The van der Waals surface area contributed by atoms with Gasteiger partial charge in [0.1, 0.15) is 5.82 Å². The number of halogens is 1. The average molecular weight is 337 g/mol. The summed E-state index contributed by atoms with van der Waals surface area (Å²) in [5, 5.41) is 3.45. The fraction of sp³-hybridized carbons (Fsp3) is 0.286. The van der Waals surface area contributed by atoms with Gasteiger partial charge in [0.25, 0.3) is 0 Å². The van der Waals surface area contributed by atoms with Gasteiger partial charge >= 0.3 is 5.97 Å². The highest BCUT2D eigenvalue weighted by atomic mass is 19.1. The second-order valence-electron chi connectivity index (χ2n) is 6.49. The average Bonchev–Trinajstić information content (AvgIpc) is 3.11. The van der Waals surface area contributed by atoms with Crippen LogP contribution < -0.4 is 5.32 Å². The summed E-state index contributed by atoms with van der Waals surface area (Å²) in [5.74, 6) is -0.153. The van der Waals surface area contributed by atoms with Gasteiger partial charge in [-0.1, -0.05) is 42.5 Å². The molecule has 1 N–H and O–H groups in total. The Labute approximate surface area is 146 Å². The standard InChI is InChI=1S/C21H20FNO2/c1-2-25-21(24)17-11-6-10-15-13-8-5-9-14(13)19(23-20(15)17)16-7-3-4-12-18(16)22/h3-8,10-14,19,23H,2,9H2,1H3/t13-,14-,19+/m1/s1. The molecular formula is C21H20FNO2. The first-order valence-electron chi connectivity index (χ1n) is 8.68. The number of ether oxygens (including phenoxy) is 1. The minimum absolute atomic E-state index is 0.176. The highest BCUT2D eigenvalue weighted by Crippen LogP contribution is 2.50. The third-order valence-electron chi connectivity index (χ3n) is 5.13. The second kappa shape index (κ2) is 6.36. The van der Waals surface area contributed by atoms with E-state index in [9.17, 15) is 9.18 Å². The minimum atomic E-state index is -0.348. The Morgan fingerprint density at radius 2 is 2.00 bits per heavy atom. The number of allylic oxidation sites excluding steroid dienone is 2. The van der Waals surface area contributed by atoms with Crippen LogP contribution in [0.5, 0.6) is 0 Å². The number of hydrogen-bond donors (Lipinski definition) is 1. The van der Waals surface area contributed by atoms with Crippen molar-refractivity contribution in [3.63, 3.8) is 0 Å². The summed E-state index contributed by atoms with van der Waals surface area (Å²) in [7, 11) is 0. The van der Waals surface area contributed by atoms with Crippen molar-refractivity contribution in [1.82, 2.24) is 0 Å². The molecule has 2 aromatic rings. The van der Waals surface area contributed by atoms with Gasteiger partial charge in [-0.15, -0.1) is 0 Å². The maximum atomic E-state index is 14.4. The van der Waals surface area contributed by atoms with Gasteiger partial charge < -0.3 is 10.1 Å². The van der Waals surface area contributed by atoms with E-state index >= 15 is 0 Å². The maximum Gasteiger partial charge on any atom is 0.340 e. The van der Waals surface area contributed by atoms with E-state index in [1.54, 1.807) is 19.1 Å². The third kappa shape index (κ3) is 2.62. The molecule has 0 saturated heterocycles. The quantitative estimate of drug-likeness (QED) is 0.644. The fourth-order valence-corrected chi connectivity index (χ4v) is 4.04. The zero-order chi connectivity index (χ0) is 17.4. The molecule has 3 nitrogen and oxygen atoms in total. The summed E-state index contributed by atoms with van der Waals surface area (Å²) >= 11 is 0. The minimum Gasteiger partial charge on any atom is -0.462 e. The lowest BCUT2D eigenvalue weighted by atomic mass is 9.76. The van der Waals surface area contributed by atoms with Crippen molar-refractivity contribution in [1.29, 1.82) is 0 Å². The molecule has 0 aromatic heterocycles. The summed E-state index contributed by atoms with van der Waals surface area (Å²) in [5.41, 5.74) is 3.00. The molecule has 2 aliphatic rings. The van der Waals surface area contributed by atoms with Crippen molar-refractivity contribution < 1.29 is 13.9 Å². The molecule has 0 spiro atoms. The van der Waals surface area contributed by atoms with Crippen molar-refractivity contribution in [2.24, 2.45) is 5.92 Å². The lowest BCUT2D eigenvalue weighted by molar-refractivity contribution is 0.0527. The summed E-state index contributed by atoms with van der Waals surface area (Å²) in [6.07, 6.45) is 5.21. The molecular weight excluding hydrogens is 317 g/mol. The van der Waals surface area contributed by atoms with Crippen LogP contribution in [0.25, 0.3) is 0 Å². The van der Waals surface area contributed by atoms with Gasteiger partial charge in [-0.25, -0.2) is 9.18 Å². The lowest BCUT2D eigenvalue weighted by Gasteiger charge is -2.38. The Kier molecular flexibility index (Phi) is 4.04. The van der Waals surface area contributed by atoms with E-state index < -0.39 is 0 Å². The topological polar surface area (TPSA) is 38.3 Å². The number of carbonyl (C=O) groups excluding carboxylic acids is 1. The SMILES string of the molecule is CCOC(=O)c1cccc2c1N[C@H](c1ccccc1F)[C@@H]1CC=C[C@@H]21. The molecule has 1 heterocycles. The predicted molar refractivity (Wildman–Crippen MR) is 95.2 cm³/mol. The zero-order valence-electron chi connectivity index (χ0n) is 14.0. The van der Waals surface area contributed by atoms with Gasteiger partial charge in [-0.2, -0.15) is 0 Å². The summed E-state index contributed by atoms with van der Waals surface area (Å²) in [4.78, 5) is 12.4. The lowest BCUT2D eigenvalue weighted by Crippen LogP contribution is -2.31. The van der Waals surface area contributed by atoms with Gasteiger partial charge in [-0.3, -0.25) is 0 Å². The van der Waals surface area contributed by atoms with E-state index in [0.717, 1.165) is 17.7 Å². The number of rotatable bonds is 3. The Morgan fingerprint density at radius 1 is 1.20 bits per heavy atom. The molecule has 1 aliphatic carbocycles. The highest BCUT2D eigenvalue weighted by molar-refractivity contribution is 5.97. The normalized spacial score (nSPS) is 23.5. The van der Waals surface area contributed by atoms with Crippen LogP contribution in [0.1, 0.15) is 46.8 Å². The second-order valence-corrected chi connectivity index (χ2v) is 6.49. The van der Waals surface area contributed by atoms with E-state index in [1.807, 2.05) is 24.3 Å². The number of benzene rings is 2. The Balaban J connectivity index is 1.82. The Morgan fingerprint density at radius 3 is 2.80 bits per heavy atom. The van der Waals surface area contributed by atoms with E-state index in [4.69, 9.17) is 4.74 Å². The molecule has 2 aromatic carbocycles. The largest absolute Gasteiger partial charge is 0.462 e. The number of carbonyl (C=O) groups is 1. The molecule has 0 bridgehead atoms. The van der Waals surface area contributed by atoms with Crippen LogP contribution in [0.15, 0.2) is 54.6 Å². The molecule has 4 rings (SSSR count). The first-order chi connectivity index (χ1) is 12.2. The summed E-state index contributed by atoms with van der Waals surface area (Å²) < 4.78 is 19.6. The number of nitrogens with one attached hydrogen (secondary N) is 1. The van der Waals surface area contributed by atoms with Crippen molar-refractivity contribution in [2.75, 3.05) is 11.9 Å². The molecule has 1 aliphatic heterocycles. The van der Waals surface area contributed by atoms with Crippen LogP contribution >= 0.6 is 0 Å². The number of hydrogen-bond acceptors (Lipinski definition) is 3. The predicted octanol–water partition coefficient (Wildman–Crippen LogP) is 4.83. The maximum absolute atomic E-state index is 14.4. The van der Waals surface area contributed by atoms with Gasteiger partial charge in [-0.05, 0) is 37.0 Å². The van der Waals surface area contributed by atoms with Crippen LogP contribution in [0.2, 0.25) is 0 Å². The zero-order valence-corrected chi connectivity index (χ0v) is 14.0. The van der Waals surface area contributed by atoms with Crippen molar-refractivity contribution in [3.05, 3.63) is 77.1 Å². The van der Waals surface area contributed by atoms with Crippen LogP contribution in [0.4, 0.5) is 10.1 Å². The first-order valence-corrected chi connectivity index (χ1v) is 8.68. The molecule has 4 heteroatoms. The van der Waals surface area contributed by atoms with Crippen molar-refractivity contribution in [2.45, 2.75) is 25.3 Å². The molecule has 0 saturated carbocycles. The number of fused-ring (bicyclic) bond motifs is 3. The van der Waals surface area contributed by atoms with Crippen LogP contribution in [0, 0.1) is 11.7 Å². The molecule has 25 heavy (non-hydrogen) atoms. The molecule has 0 unspecified atom stereocenters. The molecule has 0 amide bonds. The molecule has 3 atom stereocenters. The third-order valence-corrected chi connectivity index (χ3v) is 5.13. The first kappa shape index (κ1) is 15.9. The number of para-hydroxylation sites is 1. The van der Waals surface area contributed by atoms with Crippen molar-refractivity contribution in [3.8, 4) is 0 Å². The Hall–Kier alpha value is -2.62. The fourth-order valence-electron chi connectivity index (χ4n) is 4.04. The van der Waals surface area contributed by atoms with Crippen LogP contribution in [-0.2, 0) is 4.74 Å². The smallest absolute Gasteiger partial charge is 0.340 e. The van der Waals surface area contributed by atoms with Gasteiger partial charge in [0.05, 0.1) is 23.9 Å². The van der Waals surface area contributed by atoms with Crippen LogP contribution in [0.3, 0.4) is 0 Å². The molecule has 0 fully saturated rings. The highest BCUT2D eigenvalue weighted by Gasteiger charge is 2.40. The number of esters is 1. The Bertz CT molecular complexity index is 846. The monoisotopic (exact) mass is 337 g/mol. The van der Waals surface area contributed by atoms with Crippen molar-refractivity contribution >= 4 is 11.7 Å². The van der Waals surface area contributed by atoms with Gasteiger partial charge in [0, 0.05) is 11.5 Å². The van der Waals surface area contributed by atoms with Gasteiger partial charge in [0.15, 0.2) is 0 Å². The van der Waals surface area contributed by atoms with Crippen LogP contribution in [-0.4, -0.2) is 12.6 Å². The number of anilines is 1. The molecule has 128 valence electrons. The van der Waals surface area contributed by atoms with E-state index in [1.165, 1.54) is 6.07 Å². The van der Waals surface area contributed by atoms with E-state index in [-0.39, 0.29) is 29.7 Å². The van der Waals surface area contributed by atoms with Gasteiger partial charge in [0.2, 0.25) is 0 Å².